The van der Waals surface area contributed by atoms with Crippen LogP contribution in [0.15, 0.2) is 18.2 Å². The van der Waals surface area contributed by atoms with Crippen molar-refractivity contribution in [2.75, 3.05) is 5.43 Å². The second-order valence-electron chi connectivity index (χ2n) is 2.54. The van der Waals surface area contributed by atoms with E-state index in [2.05, 4.69) is 21.4 Å². The Hall–Kier alpha value is -0.610. The Kier molecular flexibility index (Phi) is 3.05. The number of nitrogens with one attached hydrogen (secondary N) is 1. The lowest BCUT2D eigenvalue weighted by molar-refractivity contribution is 0.479. The van der Waals surface area contributed by atoms with Crippen LogP contribution in [0.25, 0.3) is 0 Å². The van der Waals surface area contributed by atoms with E-state index in [1.165, 1.54) is 0 Å². The van der Waals surface area contributed by atoms with Gasteiger partial charge in [0.15, 0.2) is 5.08 Å². The number of hydrogen-bond acceptors (Lipinski definition) is 2. The van der Waals surface area contributed by atoms with Crippen molar-refractivity contribution in [3.05, 3.63) is 29.3 Å². The maximum atomic E-state index is 12.9. The standard InChI is InChI=1S/C8H10BrFN2/c1-5-2-3-7(12-11)6(4-5)8(9)10/h2-4,8,12H,11H2,1H3/t8-/m1/s1. The Morgan fingerprint density at radius 3 is 2.75 bits per heavy atom. The molecule has 0 aromatic heterocycles. The van der Waals surface area contributed by atoms with Crippen molar-refractivity contribution in [2.24, 2.45) is 5.84 Å². The molecular formula is C8H10BrFN2. The molecule has 0 fully saturated rings. The van der Waals surface area contributed by atoms with Gasteiger partial charge in [-0.3, -0.25) is 5.84 Å². The number of benzene rings is 1. The van der Waals surface area contributed by atoms with E-state index in [9.17, 15) is 4.39 Å². The molecule has 0 amide bonds. The lowest BCUT2D eigenvalue weighted by Crippen LogP contribution is -2.09. The third-order valence-corrected chi connectivity index (χ3v) is 2.09. The number of hydrogen-bond donors (Lipinski definition) is 2. The zero-order valence-electron chi connectivity index (χ0n) is 6.64. The normalized spacial score (nSPS) is 12.7. The highest BCUT2D eigenvalue weighted by atomic mass is 79.9. The van der Waals surface area contributed by atoms with Crippen molar-refractivity contribution >= 4 is 21.6 Å². The molecule has 4 heteroatoms. The summed E-state index contributed by atoms with van der Waals surface area (Å²) in [6.45, 7) is 1.90. The Morgan fingerprint density at radius 2 is 2.25 bits per heavy atom. The highest BCUT2D eigenvalue weighted by Crippen LogP contribution is 2.30. The number of nitrogens with two attached hydrogens (primary N) is 1. The van der Waals surface area contributed by atoms with E-state index in [-0.39, 0.29) is 0 Å². The van der Waals surface area contributed by atoms with E-state index in [4.69, 9.17) is 5.84 Å². The highest BCUT2D eigenvalue weighted by molar-refractivity contribution is 9.09. The molecule has 0 saturated carbocycles. The first-order chi connectivity index (χ1) is 5.65. The topological polar surface area (TPSA) is 38.0 Å². The molecule has 0 aliphatic carbocycles. The number of rotatable bonds is 2. The Balaban J connectivity index is 3.12. The van der Waals surface area contributed by atoms with Gasteiger partial charge in [0.25, 0.3) is 0 Å². The predicted molar refractivity (Wildman–Crippen MR) is 51.8 cm³/mol. The molecule has 2 nitrogen and oxygen atoms in total. The smallest absolute Gasteiger partial charge is 0.182 e. The van der Waals surface area contributed by atoms with Crippen LogP contribution in [0.1, 0.15) is 16.2 Å². The van der Waals surface area contributed by atoms with Gasteiger partial charge in [-0.1, -0.05) is 17.7 Å². The van der Waals surface area contributed by atoms with Crippen molar-refractivity contribution in [2.45, 2.75) is 12.0 Å². The Labute approximate surface area is 79.1 Å². The Morgan fingerprint density at radius 1 is 1.58 bits per heavy atom. The van der Waals surface area contributed by atoms with Crippen molar-refractivity contribution in [3.8, 4) is 0 Å². The Bertz CT molecular complexity index is 276. The van der Waals surface area contributed by atoms with Gasteiger partial charge in [-0.2, -0.15) is 0 Å². The van der Waals surface area contributed by atoms with Crippen LogP contribution < -0.4 is 11.3 Å². The molecule has 0 spiro atoms. The number of aryl methyl sites for hydroxylation is 1. The van der Waals surface area contributed by atoms with Crippen LogP contribution in [0.5, 0.6) is 0 Å². The lowest BCUT2D eigenvalue weighted by Gasteiger charge is -2.09. The molecular weight excluding hydrogens is 223 g/mol. The molecule has 0 saturated heterocycles. The molecule has 1 atom stereocenters. The SMILES string of the molecule is Cc1ccc(NN)c([C@@H](F)Br)c1. The lowest BCUT2D eigenvalue weighted by atomic mass is 10.1. The maximum absolute atomic E-state index is 12.9. The zero-order valence-corrected chi connectivity index (χ0v) is 8.23. The summed E-state index contributed by atoms with van der Waals surface area (Å²) in [5.74, 6) is 5.20. The molecule has 0 bridgehead atoms. The fourth-order valence-corrected chi connectivity index (χ4v) is 1.37. The first kappa shape index (κ1) is 9.48. The summed E-state index contributed by atoms with van der Waals surface area (Å²) < 4.78 is 12.9. The van der Waals surface area contributed by atoms with Crippen LogP contribution in [0.3, 0.4) is 0 Å². The number of halogens is 2. The van der Waals surface area contributed by atoms with Crippen LogP contribution in [0, 0.1) is 6.92 Å². The summed E-state index contributed by atoms with van der Waals surface area (Å²) >= 11 is 2.85. The van der Waals surface area contributed by atoms with Crippen molar-refractivity contribution in [1.82, 2.24) is 0 Å². The molecule has 0 unspecified atom stereocenters. The minimum absolute atomic E-state index is 0.525. The van der Waals surface area contributed by atoms with Crippen LogP contribution in [-0.2, 0) is 0 Å². The summed E-state index contributed by atoms with van der Waals surface area (Å²) in [7, 11) is 0. The maximum Gasteiger partial charge on any atom is 0.182 e. The average Bonchev–Trinajstić information content (AvgIpc) is 2.04. The second-order valence-corrected chi connectivity index (χ2v) is 3.34. The summed E-state index contributed by atoms with van der Waals surface area (Å²) in [5.41, 5.74) is 4.57. The number of anilines is 1. The molecule has 0 radical (unpaired) electrons. The third-order valence-electron chi connectivity index (χ3n) is 1.60. The van der Waals surface area contributed by atoms with Gasteiger partial charge in [-0.15, -0.1) is 0 Å². The summed E-state index contributed by atoms with van der Waals surface area (Å²) in [4.78, 5) is 0. The van der Waals surface area contributed by atoms with E-state index >= 15 is 0 Å². The first-order valence-electron chi connectivity index (χ1n) is 3.50. The van der Waals surface area contributed by atoms with Gasteiger partial charge in [0.1, 0.15) is 0 Å². The third kappa shape index (κ3) is 1.95. The van der Waals surface area contributed by atoms with Crippen LogP contribution in [0.2, 0.25) is 0 Å². The second kappa shape index (κ2) is 3.87. The highest BCUT2D eigenvalue weighted by Gasteiger charge is 2.09. The van der Waals surface area contributed by atoms with Gasteiger partial charge in [0.05, 0.1) is 5.69 Å². The van der Waals surface area contributed by atoms with E-state index in [1.807, 2.05) is 13.0 Å². The van der Waals surface area contributed by atoms with Gasteiger partial charge in [-0.25, -0.2) is 4.39 Å². The molecule has 1 aromatic rings. The van der Waals surface area contributed by atoms with Crippen LogP contribution in [0.4, 0.5) is 10.1 Å². The largest absolute Gasteiger partial charge is 0.324 e. The fourth-order valence-electron chi connectivity index (χ4n) is 0.994. The molecule has 66 valence electrons. The summed E-state index contributed by atoms with van der Waals surface area (Å²) in [6.07, 6.45) is 0. The molecule has 0 aliphatic rings. The van der Waals surface area contributed by atoms with E-state index in [1.54, 1.807) is 12.1 Å². The molecule has 0 aliphatic heterocycles. The van der Waals surface area contributed by atoms with Crippen molar-refractivity contribution in [3.63, 3.8) is 0 Å². The summed E-state index contributed by atoms with van der Waals surface area (Å²) in [6, 6.07) is 5.36. The van der Waals surface area contributed by atoms with E-state index < -0.39 is 5.08 Å². The van der Waals surface area contributed by atoms with E-state index in [0.717, 1.165) is 5.56 Å². The molecule has 1 aromatic carbocycles. The minimum atomic E-state index is -1.18. The predicted octanol–water partition coefficient (Wildman–Crippen LogP) is 2.64. The number of nitrogen functional groups attached to an aromatic ring is 1. The molecule has 1 rings (SSSR count). The van der Waals surface area contributed by atoms with Gasteiger partial charge < -0.3 is 5.43 Å². The fraction of sp³-hybridized carbons (Fsp3) is 0.250. The van der Waals surface area contributed by atoms with Crippen molar-refractivity contribution in [1.29, 1.82) is 0 Å². The quantitative estimate of drug-likeness (QED) is 0.468. The number of hydrazine groups is 1. The molecule has 12 heavy (non-hydrogen) atoms. The van der Waals surface area contributed by atoms with Crippen molar-refractivity contribution < 1.29 is 4.39 Å². The van der Waals surface area contributed by atoms with Gasteiger partial charge in [-0.05, 0) is 28.9 Å². The van der Waals surface area contributed by atoms with Gasteiger partial charge in [0.2, 0.25) is 0 Å². The zero-order chi connectivity index (χ0) is 9.14. The van der Waals surface area contributed by atoms with E-state index in [0.29, 0.717) is 11.3 Å². The van der Waals surface area contributed by atoms with Crippen LogP contribution >= 0.6 is 15.9 Å². The number of alkyl halides is 2. The van der Waals surface area contributed by atoms with Crippen LogP contribution in [-0.4, -0.2) is 0 Å². The molecule has 3 N–H and O–H groups in total. The first-order valence-corrected chi connectivity index (χ1v) is 4.42. The minimum Gasteiger partial charge on any atom is -0.324 e. The summed E-state index contributed by atoms with van der Waals surface area (Å²) in [5, 5.41) is -1.18. The van der Waals surface area contributed by atoms with Gasteiger partial charge in [0, 0.05) is 5.56 Å². The monoisotopic (exact) mass is 232 g/mol. The van der Waals surface area contributed by atoms with Gasteiger partial charge >= 0.3 is 0 Å². The average molecular weight is 233 g/mol. The molecule has 0 heterocycles.